The first-order valence-electron chi connectivity index (χ1n) is 6.44. The van der Waals surface area contributed by atoms with Gasteiger partial charge in [-0.05, 0) is 19.0 Å². The summed E-state index contributed by atoms with van der Waals surface area (Å²) in [6.45, 7) is 11.2. The molecule has 16 heavy (non-hydrogen) atoms. The van der Waals surface area contributed by atoms with E-state index in [4.69, 9.17) is 0 Å². The summed E-state index contributed by atoms with van der Waals surface area (Å²) in [4.78, 5) is 16.7. The third-order valence-electron chi connectivity index (χ3n) is 3.97. The Morgan fingerprint density at radius 3 is 2.44 bits per heavy atom. The standard InChI is InChI=1S/C12H23N3O/c1-3-14-4-6-15(7-5-14)12(16)11-9-13-8-10(11)2/h10-11,13H,3-9H2,1-2H3. The van der Waals surface area contributed by atoms with Gasteiger partial charge in [-0.2, -0.15) is 0 Å². The number of carbonyl (C=O) groups is 1. The van der Waals surface area contributed by atoms with Crippen LogP contribution in [-0.2, 0) is 4.79 Å². The largest absolute Gasteiger partial charge is 0.340 e. The summed E-state index contributed by atoms with van der Waals surface area (Å²) in [7, 11) is 0. The van der Waals surface area contributed by atoms with Crippen LogP contribution in [0.15, 0.2) is 0 Å². The normalized spacial score (nSPS) is 32.0. The monoisotopic (exact) mass is 225 g/mol. The molecule has 2 fully saturated rings. The molecule has 1 N–H and O–H groups in total. The molecule has 0 bridgehead atoms. The molecule has 2 heterocycles. The van der Waals surface area contributed by atoms with E-state index >= 15 is 0 Å². The number of piperazine rings is 1. The summed E-state index contributed by atoms with van der Waals surface area (Å²) in [5.74, 6) is 1.08. The minimum Gasteiger partial charge on any atom is -0.340 e. The summed E-state index contributed by atoms with van der Waals surface area (Å²) >= 11 is 0. The SMILES string of the molecule is CCN1CCN(C(=O)C2CNCC2C)CC1. The zero-order valence-electron chi connectivity index (χ0n) is 10.4. The minimum atomic E-state index is 0.216. The number of nitrogens with zero attached hydrogens (tertiary/aromatic N) is 2. The zero-order chi connectivity index (χ0) is 11.5. The van der Waals surface area contributed by atoms with Gasteiger partial charge in [-0.25, -0.2) is 0 Å². The van der Waals surface area contributed by atoms with Gasteiger partial charge in [-0.15, -0.1) is 0 Å². The molecule has 0 aromatic carbocycles. The second-order valence-corrected chi connectivity index (χ2v) is 5.00. The van der Waals surface area contributed by atoms with Crippen molar-refractivity contribution in [1.29, 1.82) is 0 Å². The molecule has 1 amide bonds. The van der Waals surface area contributed by atoms with Crippen LogP contribution in [0, 0.1) is 11.8 Å². The van der Waals surface area contributed by atoms with Crippen molar-refractivity contribution >= 4 is 5.91 Å². The van der Waals surface area contributed by atoms with Crippen LogP contribution in [0.4, 0.5) is 0 Å². The van der Waals surface area contributed by atoms with Crippen molar-refractivity contribution in [1.82, 2.24) is 15.1 Å². The highest BCUT2D eigenvalue weighted by molar-refractivity contribution is 5.79. The summed E-state index contributed by atoms with van der Waals surface area (Å²) < 4.78 is 0. The number of likely N-dealkylation sites (N-methyl/N-ethyl adjacent to an activating group) is 1. The van der Waals surface area contributed by atoms with Crippen molar-refractivity contribution in [3.8, 4) is 0 Å². The van der Waals surface area contributed by atoms with E-state index in [1.807, 2.05) is 0 Å². The average Bonchev–Trinajstić information content (AvgIpc) is 2.75. The fraction of sp³-hybridized carbons (Fsp3) is 0.917. The predicted octanol–water partition coefficient (Wildman–Crippen LogP) is 0.00600. The van der Waals surface area contributed by atoms with Crippen molar-refractivity contribution in [3.63, 3.8) is 0 Å². The molecule has 0 radical (unpaired) electrons. The lowest BCUT2D eigenvalue weighted by atomic mass is 9.96. The van der Waals surface area contributed by atoms with Crippen LogP contribution < -0.4 is 5.32 Å². The Labute approximate surface area is 98.0 Å². The van der Waals surface area contributed by atoms with Crippen molar-refractivity contribution < 1.29 is 4.79 Å². The van der Waals surface area contributed by atoms with Gasteiger partial charge in [-0.1, -0.05) is 13.8 Å². The van der Waals surface area contributed by atoms with Crippen LogP contribution in [0.1, 0.15) is 13.8 Å². The number of hydrogen-bond acceptors (Lipinski definition) is 3. The van der Waals surface area contributed by atoms with Gasteiger partial charge in [0, 0.05) is 32.7 Å². The lowest BCUT2D eigenvalue weighted by Crippen LogP contribution is -2.51. The van der Waals surface area contributed by atoms with Crippen LogP contribution in [-0.4, -0.2) is 61.5 Å². The first-order chi connectivity index (χ1) is 7.72. The summed E-state index contributed by atoms with van der Waals surface area (Å²) in [6.07, 6.45) is 0. The average molecular weight is 225 g/mol. The summed E-state index contributed by atoms with van der Waals surface area (Å²) in [5.41, 5.74) is 0. The molecule has 0 spiro atoms. The fourth-order valence-corrected chi connectivity index (χ4v) is 2.66. The molecule has 4 nitrogen and oxygen atoms in total. The molecule has 2 unspecified atom stereocenters. The van der Waals surface area contributed by atoms with Gasteiger partial charge in [0.15, 0.2) is 0 Å². The van der Waals surface area contributed by atoms with Crippen LogP contribution in [0.2, 0.25) is 0 Å². The lowest BCUT2D eigenvalue weighted by molar-refractivity contribution is -0.137. The molecule has 2 saturated heterocycles. The van der Waals surface area contributed by atoms with Crippen LogP contribution >= 0.6 is 0 Å². The van der Waals surface area contributed by atoms with Gasteiger partial charge in [-0.3, -0.25) is 4.79 Å². The highest BCUT2D eigenvalue weighted by atomic mass is 16.2. The van der Waals surface area contributed by atoms with Crippen molar-refractivity contribution in [3.05, 3.63) is 0 Å². The molecule has 2 aliphatic rings. The molecule has 2 aliphatic heterocycles. The van der Waals surface area contributed by atoms with Gasteiger partial charge >= 0.3 is 0 Å². The fourth-order valence-electron chi connectivity index (χ4n) is 2.66. The second kappa shape index (κ2) is 5.15. The minimum absolute atomic E-state index is 0.216. The number of carbonyl (C=O) groups excluding carboxylic acids is 1. The Morgan fingerprint density at radius 2 is 1.94 bits per heavy atom. The van der Waals surface area contributed by atoms with E-state index in [0.717, 1.165) is 45.8 Å². The number of amides is 1. The smallest absolute Gasteiger partial charge is 0.227 e. The van der Waals surface area contributed by atoms with E-state index in [1.54, 1.807) is 0 Å². The van der Waals surface area contributed by atoms with Gasteiger partial charge in [0.25, 0.3) is 0 Å². The molecule has 2 rings (SSSR count). The summed E-state index contributed by atoms with van der Waals surface area (Å²) in [6, 6.07) is 0. The maximum Gasteiger partial charge on any atom is 0.227 e. The highest BCUT2D eigenvalue weighted by Crippen LogP contribution is 2.19. The van der Waals surface area contributed by atoms with E-state index in [0.29, 0.717) is 11.8 Å². The molecular weight excluding hydrogens is 202 g/mol. The number of hydrogen-bond donors (Lipinski definition) is 1. The van der Waals surface area contributed by atoms with E-state index in [2.05, 4.69) is 29.0 Å². The molecule has 0 saturated carbocycles. The maximum atomic E-state index is 12.3. The first kappa shape index (κ1) is 11.9. The van der Waals surface area contributed by atoms with Crippen molar-refractivity contribution in [2.24, 2.45) is 11.8 Å². The molecule has 2 atom stereocenters. The molecule has 0 aromatic rings. The Bertz CT molecular complexity index is 249. The van der Waals surface area contributed by atoms with Crippen LogP contribution in [0.5, 0.6) is 0 Å². The Hall–Kier alpha value is -0.610. The maximum absolute atomic E-state index is 12.3. The topological polar surface area (TPSA) is 35.6 Å². The molecule has 0 aromatic heterocycles. The van der Waals surface area contributed by atoms with Gasteiger partial charge in [0.1, 0.15) is 0 Å². The third kappa shape index (κ3) is 2.38. The molecule has 92 valence electrons. The first-order valence-corrected chi connectivity index (χ1v) is 6.44. The summed E-state index contributed by atoms with van der Waals surface area (Å²) in [5, 5.41) is 3.30. The van der Waals surface area contributed by atoms with E-state index in [9.17, 15) is 4.79 Å². The number of rotatable bonds is 2. The van der Waals surface area contributed by atoms with E-state index < -0.39 is 0 Å². The Balaban J connectivity index is 1.86. The number of nitrogens with one attached hydrogen (secondary N) is 1. The van der Waals surface area contributed by atoms with Gasteiger partial charge in [0.05, 0.1) is 5.92 Å². The lowest BCUT2D eigenvalue weighted by Gasteiger charge is -2.35. The van der Waals surface area contributed by atoms with Gasteiger partial charge < -0.3 is 15.1 Å². The Morgan fingerprint density at radius 1 is 1.25 bits per heavy atom. The second-order valence-electron chi connectivity index (χ2n) is 5.00. The Kier molecular flexibility index (Phi) is 3.82. The van der Waals surface area contributed by atoms with E-state index in [-0.39, 0.29) is 5.92 Å². The zero-order valence-corrected chi connectivity index (χ0v) is 10.4. The van der Waals surface area contributed by atoms with Gasteiger partial charge in [0.2, 0.25) is 5.91 Å². The van der Waals surface area contributed by atoms with Crippen LogP contribution in [0.25, 0.3) is 0 Å². The van der Waals surface area contributed by atoms with Crippen molar-refractivity contribution in [2.45, 2.75) is 13.8 Å². The van der Waals surface area contributed by atoms with Crippen LogP contribution in [0.3, 0.4) is 0 Å². The third-order valence-corrected chi connectivity index (χ3v) is 3.97. The molecule has 0 aliphatic carbocycles. The highest BCUT2D eigenvalue weighted by Gasteiger charge is 2.33. The quantitative estimate of drug-likeness (QED) is 0.719. The molecular formula is C12H23N3O. The molecule has 4 heteroatoms. The van der Waals surface area contributed by atoms with Crippen molar-refractivity contribution in [2.75, 3.05) is 45.8 Å². The van der Waals surface area contributed by atoms with E-state index in [1.165, 1.54) is 0 Å². The predicted molar refractivity (Wildman–Crippen MR) is 64.2 cm³/mol.